The molecule has 1 N–H and O–H groups in total. The molecule has 0 spiro atoms. The summed E-state index contributed by atoms with van der Waals surface area (Å²) in [6.45, 7) is 3.34. The van der Waals surface area contributed by atoms with Crippen LogP contribution in [0, 0.1) is 0 Å². The molecule has 2 aromatic rings. The van der Waals surface area contributed by atoms with Crippen LogP contribution >= 0.6 is 11.3 Å². The average molecular weight is 299 g/mol. The van der Waals surface area contributed by atoms with Gasteiger partial charge in [0.1, 0.15) is 0 Å². The van der Waals surface area contributed by atoms with Crippen LogP contribution in [0.15, 0.2) is 35.0 Å². The van der Waals surface area contributed by atoms with E-state index in [2.05, 4.69) is 47.3 Å². The number of rotatable bonds is 7. The van der Waals surface area contributed by atoms with Gasteiger partial charge in [0.2, 0.25) is 0 Å². The van der Waals surface area contributed by atoms with Gasteiger partial charge in [0.25, 0.3) is 0 Å². The number of aryl methyl sites for hydroxylation is 3. The first-order valence-electron chi connectivity index (χ1n) is 8.23. The average Bonchev–Trinajstić information content (AvgIpc) is 3.17. The summed E-state index contributed by atoms with van der Waals surface area (Å²) in [7, 11) is 0. The van der Waals surface area contributed by atoms with Crippen molar-refractivity contribution < 1.29 is 0 Å². The summed E-state index contributed by atoms with van der Waals surface area (Å²) in [6.07, 6.45) is 7.43. The van der Waals surface area contributed by atoms with E-state index in [1.54, 1.807) is 22.5 Å². The normalized spacial score (nSPS) is 15.1. The van der Waals surface area contributed by atoms with Crippen molar-refractivity contribution in [3.63, 3.8) is 0 Å². The number of benzene rings is 1. The number of nitrogens with one attached hydrogen (secondary N) is 1. The van der Waals surface area contributed by atoms with Crippen molar-refractivity contribution in [2.24, 2.45) is 0 Å². The van der Waals surface area contributed by atoms with Crippen molar-refractivity contribution in [3.05, 3.63) is 57.3 Å². The van der Waals surface area contributed by atoms with Crippen molar-refractivity contribution in [1.29, 1.82) is 0 Å². The monoisotopic (exact) mass is 299 g/mol. The second kappa shape index (κ2) is 7.24. The fourth-order valence-electron chi connectivity index (χ4n) is 3.26. The Morgan fingerprint density at radius 3 is 2.90 bits per heavy atom. The molecule has 1 nitrogen and oxygen atoms in total. The Hall–Kier alpha value is -1.12. The van der Waals surface area contributed by atoms with Crippen LogP contribution in [0.2, 0.25) is 0 Å². The molecule has 0 bridgehead atoms. The largest absolute Gasteiger partial charge is 0.310 e. The van der Waals surface area contributed by atoms with E-state index < -0.39 is 0 Å². The summed E-state index contributed by atoms with van der Waals surface area (Å²) in [5.74, 6) is 0. The van der Waals surface area contributed by atoms with Crippen LogP contribution in [0.1, 0.15) is 54.5 Å². The molecule has 2 heteroatoms. The molecular weight excluding hydrogens is 274 g/mol. The summed E-state index contributed by atoms with van der Waals surface area (Å²) in [5, 5.41) is 8.20. The first kappa shape index (κ1) is 14.8. The number of thiophene rings is 1. The molecule has 0 fully saturated rings. The Morgan fingerprint density at radius 1 is 1.19 bits per heavy atom. The molecule has 0 radical (unpaired) electrons. The number of hydrogen-bond donors (Lipinski definition) is 1. The highest BCUT2D eigenvalue weighted by molar-refractivity contribution is 7.07. The molecule has 3 rings (SSSR count). The summed E-state index contributed by atoms with van der Waals surface area (Å²) >= 11 is 1.80. The van der Waals surface area contributed by atoms with E-state index in [4.69, 9.17) is 0 Å². The maximum absolute atomic E-state index is 3.74. The standard InChI is InChI=1S/C19H25NS/c1-2-11-20-19(9-6-15-10-12-21-14-15)18-8-7-16-4-3-5-17(16)13-18/h7-8,10,12-14,19-20H,2-6,9,11H2,1H3. The van der Waals surface area contributed by atoms with Gasteiger partial charge in [-0.3, -0.25) is 0 Å². The van der Waals surface area contributed by atoms with Crippen LogP contribution in [0.3, 0.4) is 0 Å². The molecule has 1 heterocycles. The minimum Gasteiger partial charge on any atom is -0.310 e. The molecule has 0 amide bonds. The quantitative estimate of drug-likeness (QED) is 0.766. The first-order valence-corrected chi connectivity index (χ1v) is 9.17. The minimum absolute atomic E-state index is 0.496. The summed E-state index contributed by atoms with van der Waals surface area (Å²) < 4.78 is 0. The Kier molecular flexibility index (Phi) is 5.10. The lowest BCUT2D eigenvalue weighted by Gasteiger charge is -2.20. The van der Waals surface area contributed by atoms with E-state index in [1.807, 2.05) is 0 Å². The zero-order valence-corrected chi connectivity index (χ0v) is 13.7. The Bertz CT molecular complexity index is 559. The molecule has 1 aliphatic rings. The molecule has 0 aliphatic heterocycles. The SMILES string of the molecule is CCCNC(CCc1ccsc1)c1ccc2c(c1)CCC2. The first-order chi connectivity index (χ1) is 10.4. The summed E-state index contributed by atoms with van der Waals surface area (Å²) in [5.41, 5.74) is 6.13. The van der Waals surface area contributed by atoms with Gasteiger partial charge >= 0.3 is 0 Å². The van der Waals surface area contributed by atoms with Gasteiger partial charge in [-0.1, -0.05) is 25.1 Å². The van der Waals surface area contributed by atoms with E-state index in [-0.39, 0.29) is 0 Å². The van der Waals surface area contributed by atoms with Crippen LogP contribution in [0.4, 0.5) is 0 Å². The van der Waals surface area contributed by atoms with Gasteiger partial charge in [-0.25, -0.2) is 0 Å². The third-order valence-corrected chi connectivity index (χ3v) is 5.20. The van der Waals surface area contributed by atoms with Crippen LogP contribution in [-0.2, 0) is 19.3 Å². The second-order valence-corrected chi connectivity index (χ2v) is 6.84. The van der Waals surface area contributed by atoms with Crippen LogP contribution in [-0.4, -0.2) is 6.54 Å². The maximum atomic E-state index is 3.74. The molecule has 0 saturated heterocycles. The third kappa shape index (κ3) is 3.75. The molecule has 0 saturated carbocycles. The van der Waals surface area contributed by atoms with Gasteiger partial charge in [-0.2, -0.15) is 11.3 Å². The molecule has 112 valence electrons. The zero-order chi connectivity index (χ0) is 14.5. The number of hydrogen-bond acceptors (Lipinski definition) is 2. The molecule has 1 atom stereocenters. The lowest BCUT2D eigenvalue weighted by Crippen LogP contribution is -2.22. The zero-order valence-electron chi connectivity index (χ0n) is 12.9. The Morgan fingerprint density at radius 2 is 2.10 bits per heavy atom. The molecule has 1 unspecified atom stereocenters. The van der Waals surface area contributed by atoms with E-state index >= 15 is 0 Å². The molecule has 21 heavy (non-hydrogen) atoms. The van der Waals surface area contributed by atoms with Gasteiger partial charge in [0.05, 0.1) is 0 Å². The predicted molar refractivity (Wildman–Crippen MR) is 92.1 cm³/mol. The van der Waals surface area contributed by atoms with Crippen molar-refractivity contribution in [2.75, 3.05) is 6.54 Å². The van der Waals surface area contributed by atoms with E-state index in [0.29, 0.717) is 6.04 Å². The van der Waals surface area contributed by atoms with E-state index in [9.17, 15) is 0 Å². The van der Waals surface area contributed by atoms with Crippen molar-refractivity contribution in [3.8, 4) is 0 Å². The summed E-state index contributed by atoms with van der Waals surface area (Å²) in [6, 6.07) is 9.93. The van der Waals surface area contributed by atoms with Crippen LogP contribution in [0.25, 0.3) is 0 Å². The van der Waals surface area contributed by atoms with Crippen LogP contribution < -0.4 is 5.32 Å². The van der Waals surface area contributed by atoms with Gasteiger partial charge in [0.15, 0.2) is 0 Å². The van der Waals surface area contributed by atoms with Crippen molar-refractivity contribution in [2.45, 2.75) is 51.5 Å². The molecule has 1 aromatic carbocycles. The Labute approximate surface area is 132 Å². The lowest BCUT2D eigenvalue weighted by molar-refractivity contribution is 0.499. The van der Waals surface area contributed by atoms with Crippen LogP contribution in [0.5, 0.6) is 0 Å². The smallest absolute Gasteiger partial charge is 0.0323 e. The lowest BCUT2D eigenvalue weighted by atomic mass is 9.96. The van der Waals surface area contributed by atoms with Gasteiger partial charge < -0.3 is 5.32 Å². The fourth-order valence-corrected chi connectivity index (χ4v) is 3.96. The number of fused-ring (bicyclic) bond motifs is 1. The topological polar surface area (TPSA) is 12.0 Å². The minimum atomic E-state index is 0.496. The third-order valence-electron chi connectivity index (χ3n) is 4.47. The molecule has 1 aliphatic carbocycles. The maximum Gasteiger partial charge on any atom is 0.0323 e. The molecule has 1 aromatic heterocycles. The van der Waals surface area contributed by atoms with Crippen molar-refractivity contribution in [1.82, 2.24) is 5.32 Å². The summed E-state index contributed by atoms with van der Waals surface area (Å²) in [4.78, 5) is 0. The van der Waals surface area contributed by atoms with Gasteiger partial charge in [-0.05, 0) is 84.1 Å². The fraction of sp³-hybridized carbons (Fsp3) is 0.474. The second-order valence-electron chi connectivity index (χ2n) is 6.06. The van der Waals surface area contributed by atoms with E-state index in [0.717, 1.165) is 6.54 Å². The van der Waals surface area contributed by atoms with Crippen molar-refractivity contribution >= 4 is 11.3 Å². The predicted octanol–water partition coefficient (Wildman–Crippen LogP) is 4.91. The molecular formula is C19H25NS. The highest BCUT2D eigenvalue weighted by Gasteiger charge is 2.15. The van der Waals surface area contributed by atoms with Gasteiger partial charge in [-0.15, -0.1) is 0 Å². The van der Waals surface area contributed by atoms with Gasteiger partial charge in [0, 0.05) is 6.04 Å². The highest BCUT2D eigenvalue weighted by Crippen LogP contribution is 2.27. The Balaban J connectivity index is 1.71. The van der Waals surface area contributed by atoms with E-state index in [1.165, 1.54) is 49.7 Å². The highest BCUT2D eigenvalue weighted by atomic mass is 32.1.